The van der Waals surface area contributed by atoms with E-state index in [1.165, 1.54) is 5.57 Å². The Hall–Kier alpha value is -0.910. The van der Waals surface area contributed by atoms with Crippen molar-refractivity contribution in [2.24, 2.45) is 50.7 Å². The highest BCUT2D eigenvalue weighted by Gasteiger charge is 2.85. The smallest absolute Gasteiger partial charge is 0.310 e. The van der Waals surface area contributed by atoms with Crippen LogP contribution in [0.1, 0.15) is 106 Å². The van der Waals surface area contributed by atoms with Crippen molar-refractivity contribution in [3.8, 4) is 0 Å². The van der Waals surface area contributed by atoms with Crippen LogP contribution in [0.4, 0.5) is 0 Å². The largest absolute Gasteiger partial charge is 0.481 e. The summed E-state index contributed by atoms with van der Waals surface area (Å²) in [7, 11) is 0. The first kappa shape index (κ1) is 27.6. The highest BCUT2D eigenvalue weighted by molar-refractivity contribution is 5.81. The Bertz CT molecular complexity index is 957. The number of allylic oxidation sites excluding steroid dienone is 2. The van der Waals surface area contributed by atoms with Gasteiger partial charge in [0.05, 0.1) is 23.7 Å². The zero-order valence-electron chi connectivity index (χ0n) is 24.3. The number of carbonyl (C=O) groups is 1. The lowest BCUT2D eigenvalue weighted by atomic mass is 9.36. The molecule has 5 rings (SSSR count). The van der Waals surface area contributed by atoms with Crippen molar-refractivity contribution in [3.05, 3.63) is 11.6 Å². The van der Waals surface area contributed by atoms with E-state index in [2.05, 4.69) is 47.6 Å². The molecule has 0 aliphatic heterocycles. The lowest BCUT2D eigenvalue weighted by molar-refractivity contribution is -0.241. The monoisotopic (exact) mass is 516 g/mol. The van der Waals surface area contributed by atoms with Gasteiger partial charge < -0.3 is 20.1 Å². The Labute approximate surface area is 224 Å². The van der Waals surface area contributed by atoms with Crippen molar-refractivity contribution >= 4 is 5.97 Å². The number of hydrogen-bond donors (Lipinski definition) is 3. The molecule has 210 valence electrons. The summed E-state index contributed by atoms with van der Waals surface area (Å²) in [6, 6.07) is 0. The number of aliphatic carboxylic acids is 1. The minimum absolute atomic E-state index is 0.00715. The lowest BCUT2D eigenvalue weighted by Gasteiger charge is -2.69. The summed E-state index contributed by atoms with van der Waals surface area (Å²) >= 11 is 0. The fourth-order valence-electron chi connectivity index (χ4n) is 11.6. The zero-order chi connectivity index (χ0) is 27.2. The maximum atomic E-state index is 13.0. The average Bonchev–Trinajstić information content (AvgIpc) is 3.42. The molecule has 5 fully saturated rings. The maximum Gasteiger partial charge on any atom is 0.310 e. The molecule has 5 saturated carbocycles. The van der Waals surface area contributed by atoms with E-state index in [0.717, 1.165) is 38.5 Å². The summed E-state index contributed by atoms with van der Waals surface area (Å²) < 4.78 is 6.50. The van der Waals surface area contributed by atoms with E-state index >= 15 is 0 Å². The number of carboxylic acids is 1. The zero-order valence-corrected chi connectivity index (χ0v) is 24.3. The predicted molar refractivity (Wildman–Crippen MR) is 145 cm³/mol. The van der Waals surface area contributed by atoms with Gasteiger partial charge in [-0.2, -0.15) is 0 Å². The van der Waals surface area contributed by atoms with Crippen molar-refractivity contribution < 1.29 is 24.9 Å². The maximum absolute atomic E-state index is 13.0. The van der Waals surface area contributed by atoms with Crippen molar-refractivity contribution in [3.63, 3.8) is 0 Å². The summed E-state index contributed by atoms with van der Waals surface area (Å²) in [4.78, 5) is 13.0. The summed E-state index contributed by atoms with van der Waals surface area (Å²) in [5, 5.41) is 33.5. The second kappa shape index (κ2) is 8.80. The molecule has 0 aromatic heterocycles. The highest BCUT2D eigenvalue weighted by atomic mass is 16.5. The Morgan fingerprint density at radius 3 is 2.38 bits per heavy atom. The summed E-state index contributed by atoms with van der Waals surface area (Å²) in [6.45, 7) is 16.3. The third-order valence-electron chi connectivity index (χ3n) is 13.4. The number of ether oxygens (including phenoxy) is 1. The standard InChI is InChI=1S/C32H52O5/c1-8-37-25-17-30(7)24(32(25)18-31(32,27(35)36)13-9-10-19(2)3)16-23(34)26-28(5)14-12-22(33)20(4)21(28)11-15-29(26,30)6/h10,20-26,33-34H,8-9,11-18H2,1-7H3,(H,35,36)/t20-,21-,22+,23?,24+,25-,26?,28-,29-,30-,31+,32+/m0/s1. The van der Waals surface area contributed by atoms with Crippen molar-refractivity contribution in [2.45, 2.75) is 125 Å². The van der Waals surface area contributed by atoms with Crippen LogP contribution in [0.25, 0.3) is 0 Å². The van der Waals surface area contributed by atoms with Gasteiger partial charge in [-0.15, -0.1) is 0 Å². The Morgan fingerprint density at radius 2 is 1.76 bits per heavy atom. The van der Waals surface area contributed by atoms with Crippen LogP contribution in [-0.2, 0) is 9.53 Å². The third-order valence-corrected chi connectivity index (χ3v) is 13.4. The molecule has 3 N–H and O–H groups in total. The van der Waals surface area contributed by atoms with Crippen molar-refractivity contribution in [1.29, 1.82) is 0 Å². The van der Waals surface area contributed by atoms with Gasteiger partial charge in [0.15, 0.2) is 0 Å². The Balaban J connectivity index is 1.57. The minimum Gasteiger partial charge on any atom is -0.481 e. The van der Waals surface area contributed by atoms with E-state index in [0.29, 0.717) is 31.8 Å². The molecule has 0 aromatic rings. The van der Waals surface area contributed by atoms with Crippen molar-refractivity contribution in [2.75, 3.05) is 6.61 Å². The van der Waals surface area contributed by atoms with Gasteiger partial charge in [-0.3, -0.25) is 4.79 Å². The van der Waals surface area contributed by atoms with E-state index in [4.69, 9.17) is 4.74 Å². The Morgan fingerprint density at radius 1 is 1.05 bits per heavy atom. The van der Waals surface area contributed by atoms with Crippen LogP contribution in [0.2, 0.25) is 0 Å². The molecular formula is C32H52O5. The first-order chi connectivity index (χ1) is 17.2. The SMILES string of the molecule is CCO[C@H]1C[C@@]2(C)[C@@H](CC(O)C3[C@]2(C)CC[C@H]2[C@H](C)[C@H](O)CC[C@]32C)[C@]12C[C@]2(CCC=C(C)C)C(=O)O. The van der Waals surface area contributed by atoms with Crippen LogP contribution in [0.5, 0.6) is 0 Å². The number of hydrogen-bond acceptors (Lipinski definition) is 4. The number of aliphatic hydroxyl groups is 2. The van der Waals surface area contributed by atoms with E-state index in [-0.39, 0.29) is 46.2 Å². The molecule has 12 atom stereocenters. The molecule has 1 spiro atoms. The van der Waals surface area contributed by atoms with Crippen molar-refractivity contribution in [1.82, 2.24) is 0 Å². The summed E-state index contributed by atoms with van der Waals surface area (Å²) in [5.74, 6) is 0.310. The third kappa shape index (κ3) is 3.41. The van der Waals surface area contributed by atoms with Gasteiger partial charge in [0.25, 0.3) is 0 Å². The first-order valence-corrected chi connectivity index (χ1v) is 15.1. The fraction of sp³-hybridized carbons (Fsp3) is 0.906. The van der Waals surface area contributed by atoms with Crippen LogP contribution in [0.3, 0.4) is 0 Å². The second-order valence-electron chi connectivity index (χ2n) is 14.9. The Kier molecular flexibility index (Phi) is 6.57. The molecule has 2 unspecified atom stereocenters. The molecule has 5 nitrogen and oxygen atoms in total. The first-order valence-electron chi connectivity index (χ1n) is 15.1. The molecular weight excluding hydrogens is 464 g/mol. The van der Waals surface area contributed by atoms with E-state index < -0.39 is 22.9 Å². The number of rotatable bonds is 6. The second-order valence-corrected chi connectivity index (χ2v) is 14.9. The molecule has 0 heterocycles. The molecule has 0 bridgehead atoms. The fourth-order valence-corrected chi connectivity index (χ4v) is 11.6. The van der Waals surface area contributed by atoms with Gasteiger partial charge in [0.1, 0.15) is 0 Å². The summed E-state index contributed by atoms with van der Waals surface area (Å²) in [5.41, 5.74) is -0.122. The van der Waals surface area contributed by atoms with Crippen LogP contribution in [0, 0.1) is 50.7 Å². The number of aliphatic hydroxyl groups excluding tert-OH is 2. The predicted octanol–water partition coefficient (Wildman–Crippen LogP) is 6.22. The van der Waals surface area contributed by atoms with Gasteiger partial charge >= 0.3 is 5.97 Å². The lowest BCUT2D eigenvalue weighted by Crippen LogP contribution is -2.66. The van der Waals surface area contributed by atoms with Crippen LogP contribution < -0.4 is 0 Å². The molecule has 5 heteroatoms. The van der Waals surface area contributed by atoms with Gasteiger partial charge in [-0.25, -0.2) is 0 Å². The molecule has 0 saturated heterocycles. The van der Waals surface area contributed by atoms with E-state index in [9.17, 15) is 20.1 Å². The number of carboxylic acid groups (broad SMARTS) is 1. The molecule has 5 aliphatic rings. The van der Waals surface area contributed by atoms with E-state index in [1.807, 2.05) is 6.92 Å². The van der Waals surface area contributed by atoms with Crippen LogP contribution in [-0.4, -0.2) is 46.2 Å². The van der Waals surface area contributed by atoms with E-state index in [1.54, 1.807) is 0 Å². The molecule has 0 amide bonds. The minimum atomic E-state index is -0.769. The summed E-state index contributed by atoms with van der Waals surface area (Å²) in [6.07, 6.45) is 8.97. The quantitative estimate of drug-likeness (QED) is 0.365. The highest BCUT2D eigenvalue weighted by Crippen LogP contribution is 2.85. The molecule has 5 aliphatic carbocycles. The van der Waals surface area contributed by atoms with Gasteiger partial charge in [0, 0.05) is 12.0 Å². The number of fused-ring (bicyclic) bond motifs is 6. The van der Waals surface area contributed by atoms with Gasteiger partial charge in [-0.05, 0) is 118 Å². The van der Waals surface area contributed by atoms with Gasteiger partial charge in [-0.1, -0.05) is 39.3 Å². The normalized spacial score (nSPS) is 54.2. The van der Waals surface area contributed by atoms with Gasteiger partial charge in [0.2, 0.25) is 0 Å². The van der Waals surface area contributed by atoms with Crippen LogP contribution >= 0.6 is 0 Å². The average molecular weight is 517 g/mol. The molecule has 0 radical (unpaired) electrons. The molecule has 0 aromatic carbocycles. The molecule has 37 heavy (non-hydrogen) atoms. The topological polar surface area (TPSA) is 87.0 Å². The van der Waals surface area contributed by atoms with Crippen LogP contribution in [0.15, 0.2) is 11.6 Å².